The van der Waals surface area contributed by atoms with Crippen LogP contribution in [0.15, 0.2) is 47.4 Å². The fraction of sp³-hybridized carbons (Fsp3) is 0.238. The molecule has 1 aliphatic rings. The Balaban J connectivity index is 1.37. The molecule has 6 heterocycles. The maximum Gasteiger partial charge on any atom is 0.504 e. The highest BCUT2D eigenvalue weighted by molar-refractivity contribution is 5.90. The van der Waals surface area contributed by atoms with Gasteiger partial charge in [0, 0.05) is 30.6 Å². The minimum Gasteiger partial charge on any atom is -0.412 e. The Bertz CT molecular complexity index is 1560. The molecule has 0 aliphatic carbocycles. The average Bonchev–Trinajstić information content (AvgIpc) is 3.62. The van der Waals surface area contributed by atoms with E-state index in [4.69, 9.17) is 9.52 Å². The van der Waals surface area contributed by atoms with E-state index in [0.29, 0.717) is 30.6 Å². The van der Waals surface area contributed by atoms with Gasteiger partial charge in [0.1, 0.15) is 6.04 Å². The van der Waals surface area contributed by atoms with Crippen molar-refractivity contribution in [3.63, 3.8) is 0 Å². The average molecular weight is 483 g/mol. The number of halogens is 3. The number of fused-ring (bicyclic) bond motifs is 2. The van der Waals surface area contributed by atoms with Gasteiger partial charge in [-0.1, -0.05) is 6.07 Å². The van der Waals surface area contributed by atoms with E-state index >= 15 is 0 Å². The fourth-order valence-electron chi connectivity index (χ4n) is 4.22. The maximum absolute atomic E-state index is 13.5. The molecule has 0 fully saturated rings. The molecule has 0 saturated carbocycles. The molecule has 1 amide bonds. The van der Waals surface area contributed by atoms with E-state index in [1.165, 1.54) is 4.90 Å². The Hall–Kier alpha value is -4.49. The number of aromatic nitrogens is 8. The smallest absolute Gasteiger partial charge is 0.412 e. The summed E-state index contributed by atoms with van der Waals surface area (Å²) in [5.41, 5.74) is 3.86. The van der Waals surface area contributed by atoms with Gasteiger partial charge in [0.05, 0.1) is 35.0 Å². The van der Waals surface area contributed by atoms with Gasteiger partial charge in [-0.05, 0) is 25.1 Å². The van der Waals surface area contributed by atoms with Gasteiger partial charge in [-0.15, -0.1) is 23.4 Å². The van der Waals surface area contributed by atoms with Crippen molar-refractivity contribution in [1.82, 2.24) is 44.5 Å². The third kappa shape index (κ3) is 3.45. The van der Waals surface area contributed by atoms with Crippen LogP contribution in [0.3, 0.4) is 0 Å². The third-order valence-electron chi connectivity index (χ3n) is 5.86. The van der Waals surface area contributed by atoms with Crippen LogP contribution in [-0.2, 0) is 12.7 Å². The Morgan fingerprint density at radius 3 is 2.89 bits per heavy atom. The number of H-pyrrole nitrogens is 1. The molecule has 6 rings (SSSR count). The number of rotatable bonds is 3. The fourth-order valence-corrected chi connectivity index (χ4v) is 4.22. The number of carbonyl (C=O) groups is 1. The lowest BCUT2D eigenvalue weighted by Crippen LogP contribution is -2.41. The summed E-state index contributed by atoms with van der Waals surface area (Å²) in [6.07, 6.45) is -0.959. The number of nitrogens with one attached hydrogen (secondary N) is 1. The first kappa shape index (κ1) is 21.1. The molecule has 35 heavy (non-hydrogen) atoms. The molecule has 1 N–H and O–H groups in total. The number of aromatic amines is 1. The number of hydrogen-bond donors (Lipinski definition) is 1. The molecule has 0 aromatic carbocycles. The lowest BCUT2D eigenvalue weighted by Gasteiger charge is -2.32. The second-order valence-electron chi connectivity index (χ2n) is 8.04. The van der Waals surface area contributed by atoms with Gasteiger partial charge in [-0.25, -0.2) is 9.50 Å². The van der Waals surface area contributed by atoms with Crippen LogP contribution in [0.2, 0.25) is 0 Å². The maximum atomic E-state index is 13.5. The van der Waals surface area contributed by atoms with Crippen molar-refractivity contribution < 1.29 is 22.4 Å². The summed E-state index contributed by atoms with van der Waals surface area (Å²) in [5.74, 6) is -1.19. The molecule has 14 heteroatoms. The van der Waals surface area contributed by atoms with Gasteiger partial charge in [0.15, 0.2) is 0 Å². The van der Waals surface area contributed by atoms with Crippen molar-refractivity contribution >= 4 is 11.4 Å². The summed E-state index contributed by atoms with van der Waals surface area (Å²) < 4.78 is 45.6. The molecule has 5 aromatic rings. The summed E-state index contributed by atoms with van der Waals surface area (Å²) >= 11 is 0. The van der Waals surface area contributed by atoms with Crippen molar-refractivity contribution in [2.75, 3.05) is 6.54 Å². The number of alkyl halides is 3. The van der Waals surface area contributed by atoms with Gasteiger partial charge >= 0.3 is 18.1 Å². The zero-order valence-corrected chi connectivity index (χ0v) is 18.1. The van der Waals surface area contributed by atoms with E-state index in [2.05, 4.69) is 25.3 Å². The van der Waals surface area contributed by atoms with Gasteiger partial charge in [-0.2, -0.15) is 14.9 Å². The van der Waals surface area contributed by atoms with E-state index < -0.39 is 18.2 Å². The molecule has 0 spiro atoms. The van der Waals surface area contributed by atoms with E-state index in [1.54, 1.807) is 10.8 Å². The van der Waals surface area contributed by atoms with Crippen LogP contribution in [0.5, 0.6) is 0 Å². The number of hydrogen-bond acceptors (Lipinski definition) is 7. The summed E-state index contributed by atoms with van der Waals surface area (Å²) in [5, 5.41) is 15.5. The summed E-state index contributed by atoms with van der Waals surface area (Å²) in [7, 11) is 0. The predicted molar refractivity (Wildman–Crippen MR) is 112 cm³/mol. The van der Waals surface area contributed by atoms with E-state index in [9.17, 15) is 18.0 Å². The number of pyridine rings is 1. The van der Waals surface area contributed by atoms with Gasteiger partial charge in [0.25, 0.3) is 5.89 Å². The first-order chi connectivity index (χ1) is 16.8. The van der Waals surface area contributed by atoms with Crippen LogP contribution in [0.1, 0.15) is 39.5 Å². The van der Waals surface area contributed by atoms with Crippen molar-refractivity contribution in [1.29, 1.82) is 0 Å². The molecule has 1 aliphatic heterocycles. The molecule has 11 nitrogen and oxygen atoms in total. The zero-order chi connectivity index (χ0) is 24.3. The minimum atomic E-state index is -4.69. The van der Waals surface area contributed by atoms with Crippen molar-refractivity contribution in [3.8, 4) is 11.5 Å². The molecular weight excluding hydrogens is 467 g/mol. The quantitative estimate of drug-likeness (QED) is 0.419. The standard InChI is InChI=1S/C21H16F3N9O2/c1-11-3-2-4-13-7-15(30-33(11)13)17-16-14(25-10-26-16)5-6-31(17)20(34)19-29-28-18(35-19)12-8-27-32(9-12)21(22,23)24/h2-4,7-10,17H,5-6H2,1H3,(H,25,26)/t17-/m1/s1. The molecule has 5 aromatic heterocycles. The Kier molecular flexibility index (Phi) is 4.52. The Labute approximate surface area is 194 Å². The summed E-state index contributed by atoms with van der Waals surface area (Å²) in [6, 6.07) is 7.01. The zero-order valence-electron chi connectivity index (χ0n) is 18.1. The van der Waals surface area contributed by atoms with Crippen LogP contribution in [0.25, 0.3) is 17.0 Å². The largest absolute Gasteiger partial charge is 0.504 e. The van der Waals surface area contributed by atoms with Gasteiger partial charge in [0.2, 0.25) is 0 Å². The molecule has 0 bridgehead atoms. The number of nitrogens with zero attached hydrogens (tertiary/aromatic N) is 8. The third-order valence-corrected chi connectivity index (χ3v) is 5.86. The van der Waals surface area contributed by atoms with E-state index in [1.807, 2.05) is 31.2 Å². The highest BCUT2D eigenvalue weighted by atomic mass is 19.4. The van der Waals surface area contributed by atoms with Crippen molar-refractivity contribution in [2.24, 2.45) is 0 Å². The SMILES string of the molecule is Cc1cccc2cc([C@@H]3c4nc[nH]c4CCN3C(=O)c3nnc(-c4cnn(C(F)(F)F)c4)o3)nn12. The molecule has 178 valence electrons. The molecule has 0 radical (unpaired) electrons. The first-order valence-electron chi connectivity index (χ1n) is 10.5. The number of carbonyl (C=O) groups excluding carboxylic acids is 1. The lowest BCUT2D eigenvalue weighted by molar-refractivity contribution is -0.212. The van der Waals surface area contributed by atoms with Crippen LogP contribution in [-0.4, -0.2) is 56.9 Å². The number of aryl methyl sites for hydroxylation is 1. The first-order valence-corrected chi connectivity index (χ1v) is 10.5. The second-order valence-corrected chi connectivity index (χ2v) is 8.04. The molecule has 1 atom stereocenters. The number of amides is 1. The topological polar surface area (TPSA) is 123 Å². The van der Waals surface area contributed by atoms with E-state index in [0.717, 1.165) is 23.1 Å². The Morgan fingerprint density at radius 1 is 1.26 bits per heavy atom. The van der Waals surface area contributed by atoms with Crippen LogP contribution in [0.4, 0.5) is 13.2 Å². The van der Waals surface area contributed by atoms with E-state index in [-0.39, 0.29) is 22.0 Å². The van der Waals surface area contributed by atoms with Crippen molar-refractivity contribution in [2.45, 2.75) is 25.7 Å². The predicted octanol–water partition coefficient (Wildman–Crippen LogP) is 2.88. The van der Waals surface area contributed by atoms with Gasteiger partial charge in [-0.3, -0.25) is 4.79 Å². The van der Waals surface area contributed by atoms with Crippen LogP contribution >= 0.6 is 0 Å². The van der Waals surface area contributed by atoms with Crippen LogP contribution < -0.4 is 0 Å². The highest BCUT2D eigenvalue weighted by Crippen LogP contribution is 2.34. The molecule has 0 saturated heterocycles. The van der Waals surface area contributed by atoms with Gasteiger partial charge < -0.3 is 14.3 Å². The van der Waals surface area contributed by atoms with Crippen molar-refractivity contribution in [3.05, 3.63) is 71.7 Å². The normalized spacial score (nSPS) is 16.1. The highest BCUT2D eigenvalue weighted by Gasteiger charge is 2.38. The Morgan fingerprint density at radius 2 is 2.11 bits per heavy atom. The summed E-state index contributed by atoms with van der Waals surface area (Å²) in [4.78, 5) is 22.5. The lowest BCUT2D eigenvalue weighted by atomic mass is 9.99. The summed E-state index contributed by atoms with van der Waals surface area (Å²) in [6.45, 7) is 2.24. The molecular formula is C21H16F3N9O2. The number of imidazole rings is 1. The second kappa shape index (κ2) is 7.51. The monoisotopic (exact) mass is 483 g/mol. The minimum absolute atomic E-state index is 0.0607. The molecule has 0 unspecified atom stereocenters. The van der Waals surface area contributed by atoms with Crippen LogP contribution in [0, 0.1) is 6.92 Å².